The molecular formula is C15H18N2O3S. The average molecular weight is 306 g/mol. The van der Waals surface area contributed by atoms with Crippen molar-refractivity contribution >= 4 is 15.7 Å². The van der Waals surface area contributed by atoms with Crippen LogP contribution in [0.1, 0.15) is 11.1 Å². The van der Waals surface area contributed by atoms with Crippen LogP contribution in [-0.2, 0) is 22.3 Å². The Morgan fingerprint density at radius 3 is 2.43 bits per heavy atom. The number of hydrogen-bond donors (Lipinski definition) is 2. The number of rotatable bonds is 5. The highest BCUT2D eigenvalue weighted by Crippen LogP contribution is 2.23. The van der Waals surface area contributed by atoms with Crippen molar-refractivity contribution in [1.82, 2.24) is 0 Å². The summed E-state index contributed by atoms with van der Waals surface area (Å²) >= 11 is 0. The van der Waals surface area contributed by atoms with Gasteiger partial charge in [0.1, 0.15) is 5.75 Å². The lowest BCUT2D eigenvalue weighted by molar-refractivity contribution is 0.475. The molecule has 6 heteroatoms. The van der Waals surface area contributed by atoms with E-state index in [1.807, 2.05) is 6.07 Å². The van der Waals surface area contributed by atoms with Crippen LogP contribution in [0.2, 0.25) is 0 Å². The quantitative estimate of drug-likeness (QED) is 0.882. The van der Waals surface area contributed by atoms with Crippen LogP contribution in [0.5, 0.6) is 5.75 Å². The molecule has 112 valence electrons. The molecule has 0 heterocycles. The van der Waals surface area contributed by atoms with E-state index in [0.29, 0.717) is 17.8 Å². The lowest BCUT2D eigenvalue weighted by Crippen LogP contribution is -2.27. The second-order valence-electron chi connectivity index (χ2n) is 4.77. The number of nitrogens with two attached hydrogens (primary N) is 1. The molecule has 0 saturated heterocycles. The molecule has 0 radical (unpaired) electrons. The van der Waals surface area contributed by atoms with E-state index in [1.54, 1.807) is 30.3 Å². The molecule has 0 atom stereocenters. The van der Waals surface area contributed by atoms with Crippen molar-refractivity contribution in [1.29, 1.82) is 0 Å². The summed E-state index contributed by atoms with van der Waals surface area (Å²) in [4.78, 5) is 0. The van der Waals surface area contributed by atoms with Gasteiger partial charge in [-0.05, 0) is 23.3 Å². The number of aromatic hydroxyl groups is 1. The molecule has 0 aliphatic carbocycles. The van der Waals surface area contributed by atoms with Crippen molar-refractivity contribution in [3.8, 4) is 5.75 Å². The largest absolute Gasteiger partial charge is 0.508 e. The van der Waals surface area contributed by atoms with Gasteiger partial charge in [-0.2, -0.15) is 0 Å². The summed E-state index contributed by atoms with van der Waals surface area (Å²) in [6, 6.07) is 13.3. The van der Waals surface area contributed by atoms with Gasteiger partial charge in [-0.15, -0.1) is 0 Å². The molecule has 0 amide bonds. The first-order valence-electron chi connectivity index (χ1n) is 6.46. The molecule has 21 heavy (non-hydrogen) atoms. The highest BCUT2D eigenvalue weighted by atomic mass is 32.2. The summed E-state index contributed by atoms with van der Waals surface area (Å²) in [7, 11) is -2.06. The first-order chi connectivity index (χ1) is 9.92. The Bertz CT molecular complexity index is 729. The number of phenolic OH excluding ortho intramolecular Hbond substituents is 1. The van der Waals surface area contributed by atoms with Gasteiger partial charge in [-0.1, -0.05) is 30.3 Å². The molecule has 3 N–H and O–H groups in total. The Morgan fingerprint density at radius 1 is 1.10 bits per heavy atom. The predicted octanol–water partition coefficient (Wildman–Crippen LogP) is 1.82. The van der Waals surface area contributed by atoms with Crippen LogP contribution in [0.25, 0.3) is 0 Å². The van der Waals surface area contributed by atoms with Crippen molar-refractivity contribution in [2.45, 2.75) is 12.3 Å². The van der Waals surface area contributed by atoms with Gasteiger partial charge in [0.15, 0.2) is 0 Å². The first kappa shape index (κ1) is 15.3. The normalized spacial score (nSPS) is 11.3. The van der Waals surface area contributed by atoms with Gasteiger partial charge < -0.3 is 10.8 Å². The molecule has 0 aromatic heterocycles. The van der Waals surface area contributed by atoms with Gasteiger partial charge in [-0.25, -0.2) is 8.42 Å². The van der Waals surface area contributed by atoms with E-state index in [4.69, 9.17) is 5.73 Å². The monoisotopic (exact) mass is 306 g/mol. The molecule has 0 fully saturated rings. The minimum atomic E-state index is -3.53. The lowest BCUT2D eigenvalue weighted by atomic mass is 10.1. The first-order valence-corrected chi connectivity index (χ1v) is 8.07. The maximum absolute atomic E-state index is 12.4. The van der Waals surface area contributed by atoms with Gasteiger partial charge in [0.25, 0.3) is 0 Å². The van der Waals surface area contributed by atoms with Gasteiger partial charge >= 0.3 is 0 Å². The van der Waals surface area contributed by atoms with E-state index in [9.17, 15) is 13.5 Å². The van der Waals surface area contributed by atoms with Crippen molar-refractivity contribution in [3.05, 3.63) is 59.7 Å². The highest BCUT2D eigenvalue weighted by Gasteiger charge is 2.19. The average Bonchev–Trinajstić information content (AvgIpc) is 2.46. The number of sulfonamides is 1. The SMILES string of the molecule is CN(c1cccc(O)c1)S(=O)(=O)Cc1cccc(CN)c1. The third-order valence-electron chi connectivity index (χ3n) is 3.19. The van der Waals surface area contributed by atoms with E-state index < -0.39 is 10.0 Å². The summed E-state index contributed by atoms with van der Waals surface area (Å²) in [6.07, 6.45) is 0. The minimum Gasteiger partial charge on any atom is -0.508 e. The number of benzene rings is 2. The third-order valence-corrected chi connectivity index (χ3v) is 4.93. The molecule has 0 saturated carbocycles. The fourth-order valence-electron chi connectivity index (χ4n) is 2.00. The zero-order valence-electron chi connectivity index (χ0n) is 11.7. The summed E-state index contributed by atoms with van der Waals surface area (Å²) in [5.41, 5.74) is 7.56. The molecule has 0 aliphatic rings. The molecule has 2 aromatic rings. The maximum Gasteiger partial charge on any atom is 0.239 e. The van der Waals surface area contributed by atoms with Gasteiger partial charge in [0.2, 0.25) is 10.0 Å². The summed E-state index contributed by atoms with van der Waals surface area (Å²) in [5, 5.41) is 9.45. The number of nitrogens with zero attached hydrogens (tertiary/aromatic N) is 1. The molecule has 0 bridgehead atoms. The number of phenols is 1. The number of anilines is 1. The van der Waals surface area contributed by atoms with E-state index in [0.717, 1.165) is 5.56 Å². The highest BCUT2D eigenvalue weighted by molar-refractivity contribution is 7.92. The van der Waals surface area contributed by atoms with Crippen molar-refractivity contribution in [2.24, 2.45) is 5.73 Å². The van der Waals surface area contributed by atoms with Crippen LogP contribution >= 0.6 is 0 Å². The summed E-state index contributed by atoms with van der Waals surface area (Å²) in [6.45, 7) is 0.371. The summed E-state index contributed by atoms with van der Waals surface area (Å²) in [5.74, 6) is -0.0906. The molecule has 0 spiro atoms. The van der Waals surface area contributed by atoms with Crippen LogP contribution < -0.4 is 10.0 Å². The van der Waals surface area contributed by atoms with E-state index >= 15 is 0 Å². The fraction of sp³-hybridized carbons (Fsp3) is 0.200. The van der Waals surface area contributed by atoms with Crippen LogP contribution in [0, 0.1) is 0 Å². The van der Waals surface area contributed by atoms with Crippen molar-refractivity contribution in [3.63, 3.8) is 0 Å². The van der Waals surface area contributed by atoms with Gasteiger partial charge in [0.05, 0.1) is 11.4 Å². The Hall–Kier alpha value is -2.05. The molecule has 2 rings (SSSR count). The fourth-order valence-corrected chi connectivity index (χ4v) is 3.23. The Kier molecular flexibility index (Phi) is 4.50. The van der Waals surface area contributed by atoms with Crippen LogP contribution in [0.4, 0.5) is 5.69 Å². The molecule has 2 aromatic carbocycles. The van der Waals surface area contributed by atoms with E-state index in [-0.39, 0.29) is 11.5 Å². The van der Waals surface area contributed by atoms with E-state index in [1.165, 1.54) is 23.5 Å². The zero-order chi connectivity index (χ0) is 15.5. The van der Waals surface area contributed by atoms with Gasteiger partial charge in [-0.3, -0.25) is 4.31 Å². The number of hydrogen-bond acceptors (Lipinski definition) is 4. The molecule has 0 unspecified atom stereocenters. The van der Waals surface area contributed by atoms with E-state index in [2.05, 4.69) is 0 Å². The molecule has 5 nitrogen and oxygen atoms in total. The lowest BCUT2D eigenvalue weighted by Gasteiger charge is -2.19. The second-order valence-corrected chi connectivity index (χ2v) is 6.77. The maximum atomic E-state index is 12.4. The Balaban J connectivity index is 2.25. The molecule has 0 aliphatic heterocycles. The standard InChI is InChI=1S/C15H18N2O3S/c1-17(14-6-3-7-15(18)9-14)21(19,20)11-13-5-2-4-12(8-13)10-16/h2-9,18H,10-11,16H2,1H3. The zero-order valence-corrected chi connectivity index (χ0v) is 12.5. The minimum absolute atomic E-state index is 0.0275. The smallest absolute Gasteiger partial charge is 0.239 e. The second kappa shape index (κ2) is 6.15. The van der Waals surface area contributed by atoms with Gasteiger partial charge in [0, 0.05) is 19.7 Å². The van der Waals surface area contributed by atoms with Crippen LogP contribution in [0.15, 0.2) is 48.5 Å². The Labute approximate surface area is 124 Å². The third kappa shape index (κ3) is 3.74. The van der Waals surface area contributed by atoms with Crippen molar-refractivity contribution < 1.29 is 13.5 Å². The van der Waals surface area contributed by atoms with Crippen LogP contribution in [-0.4, -0.2) is 20.6 Å². The molecular weight excluding hydrogens is 288 g/mol. The Morgan fingerprint density at radius 2 is 1.76 bits per heavy atom. The van der Waals surface area contributed by atoms with Crippen molar-refractivity contribution in [2.75, 3.05) is 11.4 Å². The topological polar surface area (TPSA) is 83.6 Å². The predicted molar refractivity (Wildman–Crippen MR) is 83.5 cm³/mol. The summed E-state index contributed by atoms with van der Waals surface area (Å²) < 4.78 is 26.0. The van der Waals surface area contributed by atoms with Crippen LogP contribution in [0.3, 0.4) is 0 Å².